The van der Waals surface area contributed by atoms with E-state index in [1.807, 2.05) is 18.7 Å². The molecule has 0 saturated carbocycles. The third kappa shape index (κ3) is 3.73. The monoisotopic (exact) mass is 402 g/mol. The number of methoxy groups -OCH3 is 1. The molecule has 1 fully saturated rings. The summed E-state index contributed by atoms with van der Waals surface area (Å²) in [5.41, 5.74) is 6.35. The Kier molecular flexibility index (Phi) is 6.28. The van der Waals surface area contributed by atoms with Crippen LogP contribution in [0, 0.1) is 13.8 Å². The first-order valence-corrected chi connectivity index (χ1v) is 10.6. The first-order chi connectivity index (χ1) is 13.5. The number of benzene rings is 1. The molecule has 0 atom stereocenters. The van der Waals surface area contributed by atoms with Crippen LogP contribution >= 0.6 is 11.8 Å². The minimum atomic E-state index is -0.0956. The van der Waals surface area contributed by atoms with Crippen LogP contribution in [0.25, 0.3) is 0 Å². The average Bonchev–Trinajstić information content (AvgIpc) is 2.74. The molecule has 1 amide bonds. The maximum atomic E-state index is 13.2. The Bertz CT molecular complexity index is 866. The van der Waals surface area contributed by atoms with Crippen molar-refractivity contribution >= 4 is 23.4 Å². The first-order valence-electron chi connectivity index (χ1n) is 9.34. The number of hydrogen-bond acceptors (Lipinski definition) is 6. The number of ether oxygens (including phenoxy) is 1. The van der Waals surface area contributed by atoms with Crippen molar-refractivity contribution < 1.29 is 14.2 Å². The summed E-state index contributed by atoms with van der Waals surface area (Å²) >= 11 is 1.75. The summed E-state index contributed by atoms with van der Waals surface area (Å²) in [6.07, 6.45) is 2.09. The third-order valence-electron chi connectivity index (χ3n) is 5.16. The predicted octanol–water partition coefficient (Wildman–Crippen LogP) is 1.85. The SMILES string of the molecule is CN[n+]1c(C)c(C)nc(C(=O)N2CCN(c3ccccc3SC)CC2)c1OC. The molecule has 2 heterocycles. The van der Waals surface area contributed by atoms with Gasteiger partial charge in [0.2, 0.25) is 11.4 Å². The Balaban J connectivity index is 1.80. The summed E-state index contributed by atoms with van der Waals surface area (Å²) in [6.45, 7) is 6.73. The van der Waals surface area contributed by atoms with Crippen LogP contribution in [0.3, 0.4) is 0 Å². The Morgan fingerprint density at radius 3 is 2.50 bits per heavy atom. The molecule has 3 rings (SSSR count). The van der Waals surface area contributed by atoms with Crippen molar-refractivity contribution in [3.63, 3.8) is 0 Å². The topological polar surface area (TPSA) is 61.6 Å². The number of carbonyl (C=O) groups excluding carboxylic acids is 1. The van der Waals surface area contributed by atoms with Crippen LogP contribution in [0.2, 0.25) is 0 Å². The molecule has 1 aliphatic heterocycles. The number of para-hydroxylation sites is 1. The van der Waals surface area contributed by atoms with Gasteiger partial charge in [0.25, 0.3) is 5.91 Å². The van der Waals surface area contributed by atoms with Crippen molar-refractivity contribution in [3.8, 4) is 5.88 Å². The number of thioether (sulfide) groups is 1. The molecule has 0 bridgehead atoms. The molecule has 1 N–H and O–H groups in total. The molecule has 0 unspecified atom stereocenters. The number of amides is 1. The molecule has 1 saturated heterocycles. The van der Waals surface area contributed by atoms with Gasteiger partial charge in [-0.05, 0) is 30.0 Å². The number of rotatable bonds is 5. The van der Waals surface area contributed by atoms with Gasteiger partial charge in [-0.15, -0.1) is 11.8 Å². The highest BCUT2D eigenvalue weighted by Crippen LogP contribution is 2.29. The van der Waals surface area contributed by atoms with E-state index >= 15 is 0 Å². The van der Waals surface area contributed by atoms with E-state index in [0.29, 0.717) is 24.7 Å². The van der Waals surface area contributed by atoms with Gasteiger partial charge in [-0.3, -0.25) is 4.79 Å². The summed E-state index contributed by atoms with van der Waals surface area (Å²) in [6, 6.07) is 8.40. The molecule has 1 aromatic heterocycles. The lowest BCUT2D eigenvalue weighted by atomic mass is 10.2. The fraction of sp³-hybridized carbons (Fsp3) is 0.450. The van der Waals surface area contributed by atoms with Gasteiger partial charge < -0.3 is 14.5 Å². The summed E-state index contributed by atoms with van der Waals surface area (Å²) in [7, 11) is 3.36. The van der Waals surface area contributed by atoms with Gasteiger partial charge in [0.05, 0.1) is 19.8 Å². The molecule has 2 aromatic rings. The Labute approximate surface area is 170 Å². The molecule has 0 spiro atoms. The Morgan fingerprint density at radius 2 is 1.89 bits per heavy atom. The highest BCUT2D eigenvalue weighted by Gasteiger charge is 2.33. The maximum Gasteiger partial charge on any atom is 0.429 e. The largest absolute Gasteiger partial charge is 0.444 e. The second-order valence-electron chi connectivity index (χ2n) is 6.65. The Hall–Kier alpha value is -2.48. The second-order valence-corrected chi connectivity index (χ2v) is 7.50. The van der Waals surface area contributed by atoms with Crippen LogP contribution in [0.4, 0.5) is 5.69 Å². The quantitative estimate of drug-likeness (QED) is 0.608. The number of piperazine rings is 1. The Morgan fingerprint density at radius 1 is 1.21 bits per heavy atom. The zero-order chi connectivity index (χ0) is 20.3. The van der Waals surface area contributed by atoms with Gasteiger partial charge in [0.15, 0.2) is 0 Å². The number of nitrogens with zero attached hydrogens (tertiary/aromatic N) is 4. The average molecular weight is 403 g/mol. The number of carbonyl (C=O) groups is 1. The van der Waals surface area contributed by atoms with Crippen LogP contribution in [-0.4, -0.2) is 62.4 Å². The first kappa shape index (κ1) is 20.3. The van der Waals surface area contributed by atoms with Gasteiger partial charge in [-0.25, -0.2) is 4.98 Å². The molecule has 0 aliphatic carbocycles. The molecular weight excluding hydrogens is 374 g/mol. The standard InChI is InChI=1S/C20H28N5O2S/c1-14-15(2)25(21-3)20(27-4)18(22-14)19(26)24-12-10-23(11-13-24)16-8-6-7-9-17(16)28-5/h6-9H,10-13H2,1-5H3,(H,21,22)/q+1. The van der Waals surface area contributed by atoms with E-state index < -0.39 is 0 Å². The number of anilines is 1. The molecule has 150 valence electrons. The van der Waals surface area contributed by atoms with Crippen molar-refractivity contribution in [2.75, 3.05) is 56.9 Å². The molecular formula is C20H28N5O2S+. The lowest BCUT2D eigenvalue weighted by Gasteiger charge is -2.36. The van der Waals surface area contributed by atoms with E-state index in [2.05, 4.69) is 45.8 Å². The minimum Gasteiger partial charge on any atom is -0.444 e. The predicted molar refractivity (Wildman–Crippen MR) is 112 cm³/mol. The van der Waals surface area contributed by atoms with Gasteiger partial charge in [-0.2, -0.15) is 5.43 Å². The van der Waals surface area contributed by atoms with Crippen LogP contribution in [-0.2, 0) is 0 Å². The van der Waals surface area contributed by atoms with E-state index in [-0.39, 0.29) is 5.91 Å². The van der Waals surface area contributed by atoms with E-state index in [1.54, 1.807) is 30.6 Å². The van der Waals surface area contributed by atoms with Crippen LogP contribution in [0.5, 0.6) is 5.88 Å². The number of hydrogen-bond donors (Lipinski definition) is 1. The fourth-order valence-corrected chi connectivity index (χ4v) is 4.13. The molecule has 1 aliphatic rings. The van der Waals surface area contributed by atoms with Crippen molar-refractivity contribution in [2.45, 2.75) is 18.7 Å². The lowest BCUT2D eigenvalue weighted by molar-refractivity contribution is -0.660. The minimum absolute atomic E-state index is 0.0956. The summed E-state index contributed by atoms with van der Waals surface area (Å²) in [4.78, 5) is 23.2. The highest BCUT2D eigenvalue weighted by molar-refractivity contribution is 7.98. The smallest absolute Gasteiger partial charge is 0.429 e. The lowest BCUT2D eigenvalue weighted by Crippen LogP contribution is -2.52. The van der Waals surface area contributed by atoms with Crippen molar-refractivity contribution in [3.05, 3.63) is 41.3 Å². The fourth-order valence-electron chi connectivity index (χ4n) is 3.50. The zero-order valence-electron chi connectivity index (χ0n) is 17.2. The molecule has 0 radical (unpaired) electrons. The summed E-state index contributed by atoms with van der Waals surface area (Å²) in [5, 5.41) is 0. The van der Waals surface area contributed by atoms with Crippen molar-refractivity contribution in [1.82, 2.24) is 9.88 Å². The number of aryl methyl sites for hydroxylation is 1. The third-order valence-corrected chi connectivity index (χ3v) is 5.94. The van der Waals surface area contributed by atoms with Gasteiger partial charge in [-0.1, -0.05) is 12.1 Å². The number of aromatic nitrogens is 2. The van der Waals surface area contributed by atoms with E-state index in [1.165, 1.54) is 10.6 Å². The van der Waals surface area contributed by atoms with Crippen LogP contribution < -0.4 is 19.7 Å². The molecule has 8 heteroatoms. The summed E-state index contributed by atoms with van der Waals surface area (Å²) < 4.78 is 7.28. The number of nitrogens with one attached hydrogen (secondary N) is 1. The van der Waals surface area contributed by atoms with E-state index in [4.69, 9.17) is 4.74 Å². The molecule has 7 nitrogen and oxygen atoms in total. The highest BCUT2D eigenvalue weighted by atomic mass is 32.2. The van der Waals surface area contributed by atoms with E-state index in [0.717, 1.165) is 24.5 Å². The summed E-state index contributed by atoms with van der Waals surface area (Å²) in [5.74, 6) is 0.340. The molecule has 28 heavy (non-hydrogen) atoms. The van der Waals surface area contributed by atoms with Gasteiger partial charge >= 0.3 is 5.88 Å². The normalized spacial score (nSPS) is 14.2. The molecule has 1 aromatic carbocycles. The van der Waals surface area contributed by atoms with Gasteiger partial charge in [0.1, 0.15) is 5.69 Å². The maximum absolute atomic E-state index is 13.2. The van der Waals surface area contributed by atoms with Gasteiger partial charge in [0, 0.05) is 38.0 Å². The second kappa shape index (κ2) is 8.68. The zero-order valence-corrected chi connectivity index (χ0v) is 18.0. The van der Waals surface area contributed by atoms with Crippen molar-refractivity contribution in [2.24, 2.45) is 0 Å². The van der Waals surface area contributed by atoms with Crippen molar-refractivity contribution in [1.29, 1.82) is 0 Å². The van der Waals surface area contributed by atoms with Crippen LogP contribution in [0.1, 0.15) is 21.9 Å². The van der Waals surface area contributed by atoms with Crippen LogP contribution in [0.15, 0.2) is 29.2 Å². The van der Waals surface area contributed by atoms with E-state index in [9.17, 15) is 4.79 Å².